The van der Waals surface area contributed by atoms with Crippen LogP contribution in [0.25, 0.3) is 0 Å². The molecule has 0 aromatic heterocycles. The zero-order valence-electron chi connectivity index (χ0n) is 26.2. The van der Waals surface area contributed by atoms with E-state index in [0.717, 1.165) is 16.9 Å². The summed E-state index contributed by atoms with van der Waals surface area (Å²) in [5, 5.41) is 8.45. The molecule has 3 rings (SSSR count). The van der Waals surface area contributed by atoms with Crippen molar-refractivity contribution in [1.82, 2.24) is 20.9 Å². The Bertz CT molecular complexity index is 1280. The summed E-state index contributed by atoms with van der Waals surface area (Å²) in [6, 6.07) is 11.1. The van der Waals surface area contributed by atoms with Gasteiger partial charge in [0.25, 0.3) is 5.91 Å². The summed E-state index contributed by atoms with van der Waals surface area (Å²) in [6.07, 6.45) is 0.458. The molecule has 234 valence electrons. The van der Waals surface area contributed by atoms with E-state index in [2.05, 4.69) is 35.9 Å². The molecule has 10 heteroatoms. The molecule has 4 amide bonds. The molecule has 2 aromatic carbocycles. The number of ether oxygens (including phenoxy) is 2. The fourth-order valence-corrected chi connectivity index (χ4v) is 4.78. The molecule has 1 aliphatic rings. The van der Waals surface area contributed by atoms with Crippen molar-refractivity contribution in [3.8, 4) is 11.5 Å². The lowest BCUT2D eigenvalue weighted by Gasteiger charge is -2.26. The van der Waals surface area contributed by atoms with Crippen molar-refractivity contribution < 1.29 is 28.7 Å². The summed E-state index contributed by atoms with van der Waals surface area (Å²) < 4.78 is 11.8. The lowest BCUT2D eigenvalue weighted by atomic mass is 10.0. The number of hydrogen-bond donors (Lipinski definition) is 3. The largest absolute Gasteiger partial charge is 0.491 e. The van der Waals surface area contributed by atoms with Gasteiger partial charge in [-0.1, -0.05) is 52.0 Å². The minimum atomic E-state index is -0.996. The van der Waals surface area contributed by atoms with Crippen LogP contribution in [0.15, 0.2) is 42.5 Å². The normalized spacial score (nSPS) is 18.6. The molecule has 0 saturated heterocycles. The minimum Gasteiger partial charge on any atom is -0.491 e. The lowest BCUT2D eigenvalue weighted by Crippen LogP contribution is -2.50. The quantitative estimate of drug-likeness (QED) is 0.401. The highest BCUT2D eigenvalue weighted by Gasteiger charge is 2.28. The Labute approximate surface area is 254 Å². The molecule has 0 spiro atoms. The van der Waals surface area contributed by atoms with Crippen LogP contribution in [-0.2, 0) is 14.4 Å². The van der Waals surface area contributed by atoms with E-state index < -0.39 is 23.9 Å². The summed E-state index contributed by atoms with van der Waals surface area (Å²) in [4.78, 5) is 54.2. The highest BCUT2D eigenvalue weighted by Crippen LogP contribution is 2.24. The maximum atomic E-state index is 13.3. The highest BCUT2D eigenvalue weighted by molar-refractivity contribution is 5.99. The number of hydrogen-bond acceptors (Lipinski definition) is 6. The van der Waals surface area contributed by atoms with Crippen molar-refractivity contribution in [2.24, 2.45) is 5.92 Å². The third kappa shape index (κ3) is 10.0. The third-order valence-corrected chi connectivity index (χ3v) is 7.35. The van der Waals surface area contributed by atoms with E-state index in [1.165, 1.54) is 4.90 Å². The fraction of sp³-hybridized carbons (Fsp3) is 0.515. The van der Waals surface area contributed by atoms with Gasteiger partial charge in [-0.15, -0.1) is 0 Å². The molecule has 2 aromatic rings. The molecule has 0 radical (unpaired) electrons. The number of carbonyl (C=O) groups is 4. The van der Waals surface area contributed by atoms with Gasteiger partial charge in [0.15, 0.2) is 0 Å². The number of amides is 4. The zero-order valence-corrected chi connectivity index (χ0v) is 26.2. The molecule has 0 aliphatic carbocycles. The summed E-state index contributed by atoms with van der Waals surface area (Å²) in [5.74, 6) is 0.117. The molecule has 10 nitrogen and oxygen atoms in total. The average molecular weight is 595 g/mol. The number of fused-ring (bicyclic) bond motifs is 1. The molecule has 2 atom stereocenters. The van der Waals surface area contributed by atoms with Gasteiger partial charge in [0.2, 0.25) is 17.7 Å². The predicted octanol–water partition coefficient (Wildman–Crippen LogP) is 3.57. The van der Waals surface area contributed by atoms with Gasteiger partial charge in [0.1, 0.15) is 36.8 Å². The van der Waals surface area contributed by atoms with Gasteiger partial charge in [-0.3, -0.25) is 19.2 Å². The number of nitrogens with one attached hydrogen (secondary N) is 3. The van der Waals surface area contributed by atoms with Gasteiger partial charge in [-0.2, -0.15) is 0 Å². The molecule has 0 unspecified atom stereocenters. The summed E-state index contributed by atoms with van der Waals surface area (Å²) in [7, 11) is 1.66. The van der Waals surface area contributed by atoms with Crippen LogP contribution < -0.4 is 25.4 Å². The maximum Gasteiger partial charge on any atom is 0.255 e. The van der Waals surface area contributed by atoms with Crippen LogP contribution in [0.3, 0.4) is 0 Å². The number of aryl methyl sites for hydroxylation is 1. The highest BCUT2D eigenvalue weighted by atomic mass is 16.5. The average Bonchev–Trinajstić information content (AvgIpc) is 2.96. The van der Waals surface area contributed by atoms with Gasteiger partial charge in [-0.25, -0.2) is 0 Å². The van der Waals surface area contributed by atoms with Gasteiger partial charge in [0, 0.05) is 13.5 Å². The maximum absolute atomic E-state index is 13.3. The third-order valence-electron chi connectivity index (χ3n) is 7.35. The Morgan fingerprint density at radius 3 is 2.56 bits per heavy atom. The van der Waals surface area contributed by atoms with Crippen LogP contribution in [-0.4, -0.2) is 74.0 Å². The Kier molecular flexibility index (Phi) is 12.4. The predicted molar refractivity (Wildman–Crippen MR) is 165 cm³/mol. The topological polar surface area (TPSA) is 126 Å². The van der Waals surface area contributed by atoms with Gasteiger partial charge >= 0.3 is 0 Å². The summed E-state index contributed by atoms with van der Waals surface area (Å²) >= 11 is 0. The van der Waals surface area contributed by atoms with E-state index in [-0.39, 0.29) is 62.4 Å². The standard InChI is InChI=1S/C33H46N4O6/c1-21(2)19-27-33(41)37(6)16-18-43-28-10-8-7-9-25(28)31(39)36-26(13-14-30(38)35-27)32(40)34-15-17-42-29-20-24(22(3)4)12-11-23(29)5/h7-12,20-22,26-27H,13-19H2,1-6H3,(H,34,40)(H,35,38)(H,36,39)/t26-,27-/m0/s1. The van der Waals surface area contributed by atoms with E-state index in [0.29, 0.717) is 18.1 Å². The molecule has 3 N–H and O–H groups in total. The number of nitrogens with zero attached hydrogens (tertiary/aromatic N) is 1. The SMILES string of the molecule is Cc1ccc(C(C)C)cc1OCCNC(=O)[C@@H]1CCC(=O)N[C@@H](CC(C)C)C(=O)N(C)CCOc2ccccc2C(=O)N1. The first kappa shape index (κ1) is 33.4. The second kappa shape index (κ2) is 16.0. The van der Waals surface area contributed by atoms with Crippen molar-refractivity contribution in [2.75, 3.05) is 33.4 Å². The monoisotopic (exact) mass is 594 g/mol. The van der Waals surface area contributed by atoms with E-state index in [1.807, 2.05) is 32.9 Å². The van der Waals surface area contributed by atoms with Crippen molar-refractivity contribution in [2.45, 2.75) is 71.9 Å². The van der Waals surface area contributed by atoms with Gasteiger partial charge in [-0.05, 0) is 60.9 Å². The molecule has 1 heterocycles. The number of carbonyl (C=O) groups excluding carboxylic acids is 4. The summed E-state index contributed by atoms with van der Waals surface area (Å²) in [5.41, 5.74) is 2.42. The number of likely N-dealkylation sites (N-methyl/N-ethyl adjacent to an activating group) is 1. The number of benzene rings is 2. The van der Waals surface area contributed by atoms with Crippen molar-refractivity contribution in [1.29, 1.82) is 0 Å². The molecule has 1 aliphatic heterocycles. The fourth-order valence-electron chi connectivity index (χ4n) is 4.78. The van der Waals surface area contributed by atoms with Crippen LogP contribution in [0.2, 0.25) is 0 Å². The molecule has 0 bridgehead atoms. The van der Waals surface area contributed by atoms with Gasteiger partial charge in [0.05, 0.1) is 18.7 Å². The van der Waals surface area contributed by atoms with Crippen molar-refractivity contribution >= 4 is 23.6 Å². The Hall–Kier alpha value is -4.08. The molecule has 0 saturated carbocycles. The second-order valence-corrected chi connectivity index (χ2v) is 11.7. The Balaban J connectivity index is 1.74. The first-order chi connectivity index (χ1) is 20.5. The number of para-hydroxylation sites is 1. The molecule has 43 heavy (non-hydrogen) atoms. The Morgan fingerprint density at radius 1 is 1.09 bits per heavy atom. The zero-order chi connectivity index (χ0) is 31.5. The van der Waals surface area contributed by atoms with E-state index >= 15 is 0 Å². The molecule has 0 fully saturated rings. The van der Waals surface area contributed by atoms with Crippen LogP contribution in [0.1, 0.15) is 74.4 Å². The molecular formula is C33H46N4O6. The van der Waals surface area contributed by atoms with Crippen LogP contribution in [0.5, 0.6) is 11.5 Å². The van der Waals surface area contributed by atoms with Crippen molar-refractivity contribution in [3.63, 3.8) is 0 Å². The minimum absolute atomic E-state index is 0.0429. The van der Waals surface area contributed by atoms with E-state index in [9.17, 15) is 19.2 Å². The first-order valence-corrected chi connectivity index (χ1v) is 15.0. The molecular weight excluding hydrogens is 548 g/mol. The van der Waals surface area contributed by atoms with Crippen LogP contribution in [0.4, 0.5) is 0 Å². The number of rotatable bonds is 8. The van der Waals surface area contributed by atoms with Crippen molar-refractivity contribution in [3.05, 3.63) is 59.2 Å². The smallest absolute Gasteiger partial charge is 0.255 e. The van der Waals surface area contributed by atoms with Crippen LogP contribution in [0, 0.1) is 12.8 Å². The van der Waals surface area contributed by atoms with Crippen LogP contribution >= 0.6 is 0 Å². The summed E-state index contributed by atoms with van der Waals surface area (Å²) in [6.45, 7) is 11.0. The van der Waals surface area contributed by atoms with E-state index in [1.54, 1.807) is 31.3 Å². The van der Waals surface area contributed by atoms with E-state index in [4.69, 9.17) is 9.47 Å². The lowest BCUT2D eigenvalue weighted by molar-refractivity contribution is -0.136. The first-order valence-electron chi connectivity index (χ1n) is 15.0. The van der Waals surface area contributed by atoms with Gasteiger partial charge < -0.3 is 30.3 Å². The Morgan fingerprint density at radius 2 is 1.84 bits per heavy atom. The second-order valence-electron chi connectivity index (χ2n) is 11.7.